The third-order valence-electron chi connectivity index (χ3n) is 8.97. The summed E-state index contributed by atoms with van der Waals surface area (Å²) < 4.78 is 71.7. The van der Waals surface area contributed by atoms with E-state index in [1.54, 1.807) is 4.90 Å². The third-order valence-corrected chi connectivity index (χ3v) is 9.27. The molecule has 5 rings (SSSR count). The number of aliphatic imine (C=N–C) groups is 1. The molecule has 1 saturated carbocycles. The first-order chi connectivity index (χ1) is 23.4. The summed E-state index contributed by atoms with van der Waals surface area (Å²) in [6, 6.07) is 2.10. The van der Waals surface area contributed by atoms with Gasteiger partial charge in [0.05, 0.1) is 33.4 Å². The Morgan fingerprint density at radius 2 is 1.86 bits per heavy atom. The maximum atomic E-state index is 15.2. The number of piperazine rings is 1. The molecule has 2 fully saturated rings. The molecule has 0 spiro atoms. The topological polar surface area (TPSA) is 149 Å². The minimum absolute atomic E-state index is 0.0603. The molecule has 18 heteroatoms. The van der Waals surface area contributed by atoms with E-state index in [1.165, 1.54) is 26.4 Å². The molecule has 2 aromatic heterocycles. The van der Waals surface area contributed by atoms with Gasteiger partial charge in [-0.1, -0.05) is 11.6 Å². The highest BCUT2D eigenvalue weighted by atomic mass is 35.5. The number of hydrogen-bond donors (Lipinski definition) is 3. The van der Waals surface area contributed by atoms with Gasteiger partial charge >= 0.3 is 6.18 Å². The van der Waals surface area contributed by atoms with Crippen LogP contribution in [0, 0.1) is 17.0 Å². The maximum absolute atomic E-state index is 15.2. The van der Waals surface area contributed by atoms with Gasteiger partial charge in [0, 0.05) is 69.7 Å². The molecule has 0 unspecified atom stereocenters. The number of aromatic hydroxyl groups is 1. The lowest BCUT2D eigenvalue weighted by Gasteiger charge is -2.42. The smallest absolute Gasteiger partial charge is 0.395 e. The van der Waals surface area contributed by atoms with Crippen molar-refractivity contribution < 1.29 is 41.4 Å². The standard InChI is InChI=1S/C32H34ClF5N8O4/c1-16-12-44(15-31(5-6-31)32(36,37)38)7-8-46(16)22-10-21(20(33)11-41-22)42-23(47)14-45-13-19(24(29(45)40-2)30(50)43(3)4)17-9-18(28(39)49)27(48)26(35)25(17)34/h9-11,13,16,48H,2,5-8,12,14-15H2,1,3-4H3,(H2,39,49)(H,41,42,47)/t16-/m0/s1. The number of rotatable bonds is 10. The number of alkyl halides is 3. The average molecular weight is 725 g/mol. The van der Waals surface area contributed by atoms with Crippen molar-refractivity contribution in [2.24, 2.45) is 16.1 Å². The second kappa shape index (κ2) is 13.5. The molecular weight excluding hydrogens is 691 g/mol. The fraction of sp³-hybridized carbons (Fsp3) is 0.406. The lowest BCUT2D eigenvalue weighted by molar-refractivity contribution is -0.192. The van der Waals surface area contributed by atoms with E-state index < -0.39 is 64.4 Å². The number of nitrogens with one attached hydrogen (secondary N) is 1. The predicted molar refractivity (Wildman–Crippen MR) is 176 cm³/mol. The average Bonchev–Trinajstić information content (AvgIpc) is 3.75. The number of nitrogens with zero attached hydrogens (tertiary/aromatic N) is 6. The maximum Gasteiger partial charge on any atom is 0.395 e. The minimum Gasteiger partial charge on any atom is -0.504 e. The number of carbonyl (C=O) groups excluding carboxylic acids is 3. The summed E-state index contributed by atoms with van der Waals surface area (Å²) in [5.74, 6) is -7.10. The molecule has 1 aliphatic carbocycles. The van der Waals surface area contributed by atoms with Gasteiger partial charge in [0.25, 0.3) is 11.8 Å². The van der Waals surface area contributed by atoms with Crippen LogP contribution in [-0.2, 0) is 11.3 Å². The van der Waals surface area contributed by atoms with Crippen molar-refractivity contribution >= 4 is 53.4 Å². The van der Waals surface area contributed by atoms with Crippen LogP contribution in [0.3, 0.4) is 0 Å². The van der Waals surface area contributed by atoms with E-state index in [-0.39, 0.29) is 53.1 Å². The summed E-state index contributed by atoms with van der Waals surface area (Å²) in [6.07, 6.45) is -1.54. The molecule has 268 valence electrons. The molecule has 50 heavy (non-hydrogen) atoms. The first-order valence-electron chi connectivity index (χ1n) is 15.3. The highest BCUT2D eigenvalue weighted by molar-refractivity contribution is 6.33. The van der Waals surface area contributed by atoms with E-state index in [2.05, 4.69) is 22.0 Å². The van der Waals surface area contributed by atoms with Gasteiger partial charge in [0.15, 0.2) is 11.6 Å². The van der Waals surface area contributed by atoms with Crippen LogP contribution in [0.2, 0.25) is 5.02 Å². The number of aromatic nitrogens is 2. The normalized spacial score (nSPS) is 17.4. The summed E-state index contributed by atoms with van der Waals surface area (Å²) in [5.41, 5.74) is 1.86. The Kier molecular flexibility index (Phi) is 9.86. The van der Waals surface area contributed by atoms with Crippen LogP contribution in [-0.4, -0.2) is 101 Å². The zero-order valence-corrected chi connectivity index (χ0v) is 28.0. The number of primary amides is 1. The quantitative estimate of drug-likeness (QED) is 0.201. The molecule has 3 amide bonds. The summed E-state index contributed by atoms with van der Waals surface area (Å²) in [4.78, 5) is 51.6. The number of benzene rings is 1. The Bertz CT molecular complexity index is 1880. The van der Waals surface area contributed by atoms with Crippen molar-refractivity contribution in [3.8, 4) is 16.9 Å². The number of amides is 3. The molecule has 0 radical (unpaired) electrons. The SMILES string of the molecule is C=Nc1c(C(=O)N(C)C)c(-c2cc(C(N)=O)c(O)c(F)c2F)cn1CC(=O)Nc1cc(N2CCN(CC3(C(F)(F)F)CC3)C[C@@H]2C)ncc1Cl. The molecule has 1 aliphatic heterocycles. The molecule has 0 bridgehead atoms. The summed E-state index contributed by atoms with van der Waals surface area (Å²) in [7, 11) is 2.78. The number of nitrogens with two attached hydrogens (primary N) is 1. The van der Waals surface area contributed by atoms with Crippen molar-refractivity contribution in [2.45, 2.75) is 38.5 Å². The van der Waals surface area contributed by atoms with Crippen molar-refractivity contribution in [3.63, 3.8) is 0 Å². The van der Waals surface area contributed by atoms with Crippen LogP contribution in [0.15, 0.2) is 29.5 Å². The number of carbonyl (C=O) groups is 3. The van der Waals surface area contributed by atoms with E-state index in [1.807, 2.05) is 11.8 Å². The van der Waals surface area contributed by atoms with Crippen LogP contribution < -0.4 is 16.0 Å². The molecular formula is C32H34ClF5N8O4. The van der Waals surface area contributed by atoms with Crippen molar-refractivity contribution in [1.29, 1.82) is 0 Å². The van der Waals surface area contributed by atoms with Gasteiger partial charge < -0.3 is 30.5 Å². The first-order valence-corrected chi connectivity index (χ1v) is 15.7. The number of pyridine rings is 1. The number of hydrogen-bond acceptors (Lipinski definition) is 8. The zero-order valence-electron chi connectivity index (χ0n) is 27.2. The Morgan fingerprint density at radius 1 is 1.18 bits per heavy atom. The summed E-state index contributed by atoms with van der Waals surface area (Å²) >= 11 is 6.36. The Morgan fingerprint density at radius 3 is 2.42 bits per heavy atom. The highest BCUT2D eigenvalue weighted by Crippen LogP contribution is 2.58. The van der Waals surface area contributed by atoms with Gasteiger partial charge in [0.2, 0.25) is 11.7 Å². The Balaban J connectivity index is 1.40. The van der Waals surface area contributed by atoms with Crippen molar-refractivity contribution in [2.75, 3.05) is 50.5 Å². The summed E-state index contributed by atoms with van der Waals surface area (Å²) in [6.45, 7) is 5.87. The van der Waals surface area contributed by atoms with Crippen molar-refractivity contribution in [3.05, 3.63) is 52.3 Å². The monoisotopic (exact) mass is 724 g/mol. The zero-order chi connectivity index (χ0) is 36.9. The second-order valence-corrected chi connectivity index (χ2v) is 13.1. The van der Waals surface area contributed by atoms with Crippen LogP contribution >= 0.6 is 11.6 Å². The molecule has 3 heterocycles. The van der Waals surface area contributed by atoms with Gasteiger partial charge in [-0.2, -0.15) is 17.6 Å². The first kappa shape index (κ1) is 36.5. The van der Waals surface area contributed by atoms with Crippen LogP contribution in [0.1, 0.15) is 40.5 Å². The molecule has 4 N–H and O–H groups in total. The predicted octanol–water partition coefficient (Wildman–Crippen LogP) is 4.81. The van der Waals surface area contributed by atoms with E-state index in [0.717, 1.165) is 21.7 Å². The van der Waals surface area contributed by atoms with Crippen LogP contribution in [0.25, 0.3) is 11.1 Å². The second-order valence-electron chi connectivity index (χ2n) is 12.7. The van der Waals surface area contributed by atoms with Gasteiger partial charge in [-0.15, -0.1) is 0 Å². The van der Waals surface area contributed by atoms with Gasteiger partial charge in [0.1, 0.15) is 18.2 Å². The molecule has 1 atom stereocenters. The third kappa shape index (κ3) is 6.83. The molecule has 12 nitrogen and oxygen atoms in total. The number of halogens is 6. The van der Waals surface area contributed by atoms with Crippen molar-refractivity contribution in [1.82, 2.24) is 19.4 Å². The van der Waals surface area contributed by atoms with E-state index >= 15 is 4.39 Å². The fourth-order valence-electron chi connectivity index (χ4n) is 6.13. The lowest BCUT2D eigenvalue weighted by Crippen LogP contribution is -2.54. The van der Waals surface area contributed by atoms with Gasteiger partial charge in [-0.05, 0) is 32.5 Å². The van der Waals surface area contributed by atoms with Gasteiger partial charge in [-0.3, -0.25) is 19.3 Å². The fourth-order valence-corrected chi connectivity index (χ4v) is 6.28. The van der Waals surface area contributed by atoms with E-state index in [4.69, 9.17) is 17.3 Å². The molecule has 1 aromatic carbocycles. The Hall–Kier alpha value is -4.77. The van der Waals surface area contributed by atoms with E-state index in [9.17, 15) is 37.1 Å². The van der Waals surface area contributed by atoms with Crippen LogP contribution in [0.4, 0.5) is 39.3 Å². The van der Waals surface area contributed by atoms with E-state index in [0.29, 0.717) is 25.5 Å². The molecule has 1 saturated heterocycles. The highest BCUT2D eigenvalue weighted by Gasteiger charge is 2.63. The van der Waals surface area contributed by atoms with Gasteiger partial charge in [-0.25, -0.2) is 14.4 Å². The molecule has 3 aromatic rings. The summed E-state index contributed by atoms with van der Waals surface area (Å²) in [5, 5.41) is 12.7. The molecule has 2 aliphatic rings. The minimum atomic E-state index is -4.25. The van der Waals surface area contributed by atoms with Crippen LogP contribution in [0.5, 0.6) is 5.75 Å². The largest absolute Gasteiger partial charge is 0.504 e. The number of phenols is 1. The number of anilines is 2. The Labute approximate surface area is 288 Å². The lowest BCUT2D eigenvalue weighted by atomic mass is 9.99.